The summed E-state index contributed by atoms with van der Waals surface area (Å²) in [6, 6.07) is 15.2. The number of rotatable bonds is 3. The van der Waals surface area contributed by atoms with Crippen LogP contribution in [-0.4, -0.2) is 4.98 Å². The Balaban J connectivity index is 2.14. The highest BCUT2D eigenvalue weighted by Crippen LogP contribution is 2.20. The molecule has 1 heterocycles. The number of aryl methyl sites for hydroxylation is 1. The highest BCUT2D eigenvalue weighted by Gasteiger charge is 2.08. The maximum atomic E-state index is 12.0. The number of aromatic nitrogens is 1. The van der Waals surface area contributed by atoms with Crippen molar-refractivity contribution in [3.05, 3.63) is 64.5 Å². The first-order valence-electron chi connectivity index (χ1n) is 6.77. The lowest BCUT2D eigenvalue weighted by Crippen LogP contribution is -2.02. The zero-order valence-electron chi connectivity index (χ0n) is 11.3. The van der Waals surface area contributed by atoms with Crippen LogP contribution in [0.1, 0.15) is 18.9 Å². The van der Waals surface area contributed by atoms with Crippen LogP contribution in [0.5, 0.6) is 0 Å². The Morgan fingerprint density at radius 1 is 1.10 bits per heavy atom. The van der Waals surface area contributed by atoms with Gasteiger partial charge in [-0.3, -0.25) is 0 Å². The van der Waals surface area contributed by atoms with Crippen molar-refractivity contribution in [1.29, 1.82) is 0 Å². The Bertz CT molecular complexity index is 805. The Morgan fingerprint density at radius 3 is 2.80 bits per heavy atom. The molecule has 0 aliphatic carbocycles. The lowest BCUT2D eigenvalue weighted by Gasteiger charge is -2.04. The van der Waals surface area contributed by atoms with Gasteiger partial charge in [-0.05, 0) is 36.2 Å². The molecule has 100 valence electrons. The van der Waals surface area contributed by atoms with Gasteiger partial charge in [-0.25, -0.2) is 9.78 Å². The second kappa shape index (κ2) is 5.29. The zero-order chi connectivity index (χ0) is 13.9. The van der Waals surface area contributed by atoms with E-state index >= 15 is 0 Å². The molecule has 20 heavy (non-hydrogen) atoms. The molecule has 0 unspecified atom stereocenters. The van der Waals surface area contributed by atoms with Gasteiger partial charge >= 0.3 is 5.63 Å². The molecule has 2 aromatic carbocycles. The fourth-order valence-corrected chi connectivity index (χ4v) is 2.29. The molecule has 0 aliphatic rings. The van der Waals surface area contributed by atoms with Gasteiger partial charge in [-0.1, -0.05) is 37.6 Å². The van der Waals surface area contributed by atoms with Crippen LogP contribution in [0, 0.1) is 0 Å². The molecule has 0 atom stereocenters. The van der Waals surface area contributed by atoms with Crippen LogP contribution in [0.15, 0.2) is 57.7 Å². The highest BCUT2D eigenvalue weighted by molar-refractivity contribution is 5.78. The van der Waals surface area contributed by atoms with Crippen molar-refractivity contribution in [3.63, 3.8) is 0 Å². The lowest BCUT2D eigenvalue weighted by atomic mass is 10.1. The Labute approximate surface area is 116 Å². The summed E-state index contributed by atoms with van der Waals surface area (Å²) in [5.74, 6) is 0.381. The van der Waals surface area contributed by atoms with Crippen molar-refractivity contribution < 1.29 is 4.42 Å². The van der Waals surface area contributed by atoms with Crippen molar-refractivity contribution in [1.82, 2.24) is 4.98 Å². The first-order chi connectivity index (χ1) is 9.78. The van der Waals surface area contributed by atoms with E-state index in [9.17, 15) is 4.79 Å². The van der Waals surface area contributed by atoms with Crippen molar-refractivity contribution in [2.24, 2.45) is 0 Å². The molecule has 0 saturated heterocycles. The fraction of sp³-hybridized carbons (Fsp3) is 0.176. The molecule has 3 heteroatoms. The molecule has 3 rings (SSSR count). The van der Waals surface area contributed by atoms with E-state index in [1.807, 2.05) is 36.4 Å². The molecule has 0 aliphatic heterocycles. The largest absolute Gasteiger partial charge is 0.403 e. The normalized spacial score (nSPS) is 10.8. The van der Waals surface area contributed by atoms with Crippen molar-refractivity contribution in [2.75, 3.05) is 0 Å². The molecule has 0 N–H and O–H groups in total. The third kappa shape index (κ3) is 2.35. The summed E-state index contributed by atoms with van der Waals surface area (Å²) in [6.07, 6.45) is 2.09. The first-order valence-corrected chi connectivity index (χ1v) is 6.77. The molecule has 0 spiro atoms. The summed E-state index contributed by atoms with van der Waals surface area (Å²) in [6.45, 7) is 2.14. The summed E-state index contributed by atoms with van der Waals surface area (Å²) < 4.78 is 5.34. The van der Waals surface area contributed by atoms with E-state index in [0.29, 0.717) is 16.8 Å². The number of hydrogen-bond donors (Lipinski definition) is 0. The van der Waals surface area contributed by atoms with Gasteiger partial charge in [-0.15, -0.1) is 0 Å². The van der Waals surface area contributed by atoms with Crippen LogP contribution in [0.2, 0.25) is 0 Å². The predicted octanol–water partition coefficient (Wildman–Crippen LogP) is 3.81. The summed E-state index contributed by atoms with van der Waals surface area (Å²) in [4.78, 5) is 16.4. The SMILES string of the molecule is CCCc1cccc(-c2nc3ccccc3c(=O)o2)c1. The van der Waals surface area contributed by atoms with E-state index in [-0.39, 0.29) is 5.63 Å². The molecule has 0 saturated carbocycles. The summed E-state index contributed by atoms with van der Waals surface area (Å²) in [7, 11) is 0. The molecule has 1 aromatic heterocycles. The minimum absolute atomic E-state index is 0.341. The topological polar surface area (TPSA) is 43.1 Å². The second-order valence-electron chi connectivity index (χ2n) is 4.77. The quantitative estimate of drug-likeness (QED) is 0.723. The van der Waals surface area contributed by atoms with Crippen molar-refractivity contribution >= 4 is 10.9 Å². The molecule has 0 bridgehead atoms. The minimum Gasteiger partial charge on any atom is -0.403 e. The number of hydrogen-bond acceptors (Lipinski definition) is 3. The van der Waals surface area contributed by atoms with Gasteiger partial charge in [0.05, 0.1) is 10.9 Å². The van der Waals surface area contributed by atoms with Gasteiger partial charge in [0, 0.05) is 5.56 Å². The average molecular weight is 265 g/mol. The van der Waals surface area contributed by atoms with Crippen molar-refractivity contribution in [3.8, 4) is 11.5 Å². The molecule has 0 amide bonds. The predicted molar refractivity (Wildman–Crippen MR) is 79.7 cm³/mol. The highest BCUT2D eigenvalue weighted by atomic mass is 16.4. The average Bonchev–Trinajstić information content (AvgIpc) is 2.48. The molecule has 3 nitrogen and oxygen atoms in total. The molecular formula is C17H15NO2. The van der Waals surface area contributed by atoms with Crippen LogP contribution >= 0.6 is 0 Å². The van der Waals surface area contributed by atoms with Crippen LogP contribution < -0.4 is 5.63 Å². The number of para-hydroxylation sites is 1. The third-order valence-corrected chi connectivity index (χ3v) is 3.25. The monoisotopic (exact) mass is 265 g/mol. The minimum atomic E-state index is -0.341. The number of benzene rings is 2. The van der Waals surface area contributed by atoms with E-state index < -0.39 is 0 Å². The van der Waals surface area contributed by atoms with Gasteiger partial charge in [0.2, 0.25) is 5.89 Å². The van der Waals surface area contributed by atoms with E-state index in [1.165, 1.54) is 5.56 Å². The Kier molecular flexibility index (Phi) is 3.33. The summed E-state index contributed by atoms with van der Waals surface area (Å²) in [5, 5.41) is 0.515. The van der Waals surface area contributed by atoms with Gasteiger partial charge in [0.1, 0.15) is 0 Å². The summed E-state index contributed by atoms with van der Waals surface area (Å²) >= 11 is 0. The van der Waals surface area contributed by atoms with Crippen LogP contribution in [-0.2, 0) is 6.42 Å². The van der Waals surface area contributed by atoms with Crippen LogP contribution in [0.4, 0.5) is 0 Å². The van der Waals surface area contributed by atoms with Gasteiger partial charge in [0.15, 0.2) is 0 Å². The Hall–Kier alpha value is -2.42. The maximum Gasteiger partial charge on any atom is 0.347 e. The zero-order valence-corrected chi connectivity index (χ0v) is 11.3. The number of fused-ring (bicyclic) bond motifs is 1. The third-order valence-electron chi connectivity index (χ3n) is 3.25. The Morgan fingerprint density at radius 2 is 1.95 bits per heavy atom. The van der Waals surface area contributed by atoms with Crippen molar-refractivity contribution in [2.45, 2.75) is 19.8 Å². The van der Waals surface area contributed by atoms with E-state index in [0.717, 1.165) is 18.4 Å². The van der Waals surface area contributed by atoms with Gasteiger partial charge in [-0.2, -0.15) is 0 Å². The second-order valence-corrected chi connectivity index (χ2v) is 4.77. The maximum absolute atomic E-state index is 12.0. The molecule has 0 radical (unpaired) electrons. The molecular weight excluding hydrogens is 250 g/mol. The van der Waals surface area contributed by atoms with Gasteiger partial charge < -0.3 is 4.42 Å². The standard InChI is InChI=1S/C17H15NO2/c1-2-6-12-7-5-8-13(11-12)16-18-15-10-4-3-9-14(15)17(19)20-16/h3-5,7-11H,2,6H2,1H3. The van der Waals surface area contributed by atoms with E-state index in [2.05, 4.69) is 18.0 Å². The van der Waals surface area contributed by atoms with E-state index in [4.69, 9.17) is 4.42 Å². The molecule has 3 aromatic rings. The summed E-state index contributed by atoms with van der Waals surface area (Å²) in [5.41, 5.74) is 2.40. The van der Waals surface area contributed by atoms with E-state index in [1.54, 1.807) is 6.07 Å². The first kappa shape index (κ1) is 12.6. The van der Waals surface area contributed by atoms with Gasteiger partial charge in [0.25, 0.3) is 0 Å². The fourth-order valence-electron chi connectivity index (χ4n) is 2.29. The lowest BCUT2D eigenvalue weighted by molar-refractivity contribution is 0.518. The number of nitrogens with zero attached hydrogens (tertiary/aromatic N) is 1. The van der Waals surface area contributed by atoms with Crippen LogP contribution in [0.25, 0.3) is 22.4 Å². The molecule has 0 fully saturated rings. The smallest absolute Gasteiger partial charge is 0.347 e. The van der Waals surface area contributed by atoms with Crippen LogP contribution in [0.3, 0.4) is 0 Å².